The summed E-state index contributed by atoms with van der Waals surface area (Å²) in [7, 11) is -3.24. The summed E-state index contributed by atoms with van der Waals surface area (Å²) in [6.45, 7) is 4.51. The molecule has 0 radical (unpaired) electrons. The first kappa shape index (κ1) is 18.5. The Kier molecular flexibility index (Phi) is 4.79. The molecular weight excluding hydrogens is 366 g/mol. The van der Waals surface area contributed by atoms with Crippen LogP contribution in [0, 0.1) is 0 Å². The van der Waals surface area contributed by atoms with Gasteiger partial charge in [-0.3, -0.25) is 4.90 Å². The SMILES string of the molecule is CS(=O)(=O)N1CCC(O)(CN2CCN(c3ccc4ncncc4c3)CC2)C1. The number of hydrogen-bond donors (Lipinski definition) is 1. The smallest absolute Gasteiger partial charge is 0.211 e. The third kappa shape index (κ3) is 4.06. The van der Waals surface area contributed by atoms with Gasteiger partial charge in [0.25, 0.3) is 0 Å². The Labute approximate surface area is 159 Å². The van der Waals surface area contributed by atoms with Crippen molar-refractivity contribution in [1.82, 2.24) is 19.2 Å². The monoisotopic (exact) mass is 391 g/mol. The van der Waals surface area contributed by atoms with Gasteiger partial charge in [0.15, 0.2) is 0 Å². The minimum absolute atomic E-state index is 0.191. The molecule has 0 spiro atoms. The van der Waals surface area contributed by atoms with E-state index in [4.69, 9.17) is 0 Å². The van der Waals surface area contributed by atoms with Crippen molar-refractivity contribution in [3.63, 3.8) is 0 Å². The summed E-state index contributed by atoms with van der Waals surface area (Å²) in [5.41, 5.74) is 1.14. The van der Waals surface area contributed by atoms with Crippen molar-refractivity contribution < 1.29 is 13.5 Å². The Morgan fingerprint density at radius 2 is 1.96 bits per heavy atom. The quantitative estimate of drug-likeness (QED) is 0.793. The van der Waals surface area contributed by atoms with Gasteiger partial charge >= 0.3 is 0 Å². The third-order valence-corrected chi connectivity index (χ3v) is 6.76. The van der Waals surface area contributed by atoms with Crippen molar-refractivity contribution in [2.75, 3.05) is 57.0 Å². The van der Waals surface area contributed by atoms with Crippen molar-refractivity contribution in [2.24, 2.45) is 0 Å². The van der Waals surface area contributed by atoms with Crippen molar-refractivity contribution in [2.45, 2.75) is 12.0 Å². The van der Waals surface area contributed by atoms with Crippen LogP contribution in [0.5, 0.6) is 0 Å². The summed E-state index contributed by atoms with van der Waals surface area (Å²) < 4.78 is 24.8. The first-order valence-corrected chi connectivity index (χ1v) is 11.0. The van der Waals surface area contributed by atoms with Crippen LogP contribution in [0.2, 0.25) is 0 Å². The van der Waals surface area contributed by atoms with Crippen molar-refractivity contribution >= 4 is 26.6 Å². The van der Waals surface area contributed by atoms with Gasteiger partial charge in [0.05, 0.1) is 17.4 Å². The number of piperazine rings is 1. The lowest BCUT2D eigenvalue weighted by molar-refractivity contribution is 0.0152. The maximum atomic E-state index is 11.7. The van der Waals surface area contributed by atoms with Crippen molar-refractivity contribution in [3.05, 3.63) is 30.7 Å². The molecule has 27 heavy (non-hydrogen) atoms. The van der Waals surface area contributed by atoms with Gasteiger partial charge in [-0.2, -0.15) is 4.31 Å². The van der Waals surface area contributed by atoms with Crippen LogP contribution in [0.1, 0.15) is 6.42 Å². The fraction of sp³-hybridized carbons (Fsp3) is 0.556. The standard InChI is InChI=1S/C18H25N5O3S/c1-27(25,26)23-5-4-18(24,13-23)12-21-6-8-22(9-7-21)16-2-3-17-15(10-16)11-19-14-20-17/h2-3,10-11,14,24H,4-9,12-13H2,1H3. The topological polar surface area (TPSA) is 89.9 Å². The molecule has 2 aromatic rings. The number of hydrogen-bond acceptors (Lipinski definition) is 7. The molecule has 146 valence electrons. The molecule has 2 aliphatic heterocycles. The van der Waals surface area contributed by atoms with E-state index in [9.17, 15) is 13.5 Å². The van der Waals surface area contributed by atoms with E-state index in [1.165, 1.54) is 10.6 Å². The van der Waals surface area contributed by atoms with Crippen LogP contribution in [0.3, 0.4) is 0 Å². The zero-order valence-electron chi connectivity index (χ0n) is 15.5. The molecule has 9 heteroatoms. The Hall–Kier alpha value is -1.81. The van der Waals surface area contributed by atoms with Crippen LogP contribution < -0.4 is 4.90 Å². The van der Waals surface area contributed by atoms with Gasteiger partial charge in [-0.15, -0.1) is 0 Å². The van der Waals surface area contributed by atoms with E-state index in [-0.39, 0.29) is 6.54 Å². The van der Waals surface area contributed by atoms with Crippen LogP contribution >= 0.6 is 0 Å². The summed E-state index contributed by atoms with van der Waals surface area (Å²) in [5.74, 6) is 0. The number of fused-ring (bicyclic) bond motifs is 1. The molecular formula is C18H25N5O3S. The van der Waals surface area contributed by atoms with E-state index >= 15 is 0 Å². The molecule has 0 aliphatic carbocycles. The average Bonchev–Trinajstić information content (AvgIpc) is 3.04. The fourth-order valence-electron chi connectivity index (χ4n) is 3.98. The van der Waals surface area contributed by atoms with Gasteiger partial charge in [-0.05, 0) is 24.6 Å². The van der Waals surface area contributed by atoms with E-state index in [1.54, 1.807) is 6.33 Å². The van der Waals surface area contributed by atoms with Gasteiger partial charge in [0.1, 0.15) is 6.33 Å². The third-order valence-electron chi connectivity index (χ3n) is 5.51. The summed E-state index contributed by atoms with van der Waals surface area (Å²) in [4.78, 5) is 12.9. The fourth-order valence-corrected chi connectivity index (χ4v) is 4.88. The Morgan fingerprint density at radius 3 is 2.67 bits per heavy atom. The Morgan fingerprint density at radius 1 is 1.19 bits per heavy atom. The minimum Gasteiger partial charge on any atom is -0.387 e. The molecule has 3 heterocycles. The Balaban J connectivity index is 1.36. The molecule has 0 amide bonds. The first-order chi connectivity index (χ1) is 12.8. The lowest BCUT2D eigenvalue weighted by Crippen LogP contribution is -2.53. The summed E-state index contributed by atoms with van der Waals surface area (Å²) in [6, 6.07) is 6.21. The van der Waals surface area contributed by atoms with Crippen LogP contribution in [0.15, 0.2) is 30.7 Å². The van der Waals surface area contributed by atoms with Crippen LogP contribution in [0.4, 0.5) is 5.69 Å². The molecule has 1 aromatic carbocycles. The molecule has 1 N–H and O–H groups in total. The summed E-state index contributed by atoms with van der Waals surface area (Å²) >= 11 is 0. The molecule has 0 bridgehead atoms. The number of β-amino-alcohol motifs (C(OH)–C–C–N with tert-alkyl or cyclic N) is 1. The highest BCUT2D eigenvalue weighted by molar-refractivity contribution is 7.88. The number of anilines is 1. The van der Waals surface area contributed by atoms with Gasteiger partial charge < -0.3 is 10.0 Å². The van der Waals surface area contributed by atoms with E-state index < -0.39 is 15.6 Å². The van der Waals surface area contributed by atoms with Crippen LogP contribution in [-0.4, -0.2) is 90.4 Å². The molecule has 1 unspecified atom stereocenters. The van der Waals surface area contributed by atoms with Crippen LogP contribution in [-0.2, 0) is 10.0 Å². The number of sulfonamides is 1. The maximum absolute atomic E-state index is 11.7. The highest BCUT2D eigenvalue weighted by atomic mass is 32.2. The number of aromatic nitrogens is 2. The van der Waals surface area contributed by atoms with Gasteiger partial charge in [-0.1, -0.05) is 0 Å². The van der Waals surface area contributed by atoms with E-state index in [1.807, 2.05) is 12.3 Å². The van der Waals surface area contributed by atoms with Crippen LogP contribution in [0.25, 0.3) is 10.9 Å². The first-order valence-electron chi connectivity index (χ1n) is 9.17. The maximum Gasteiger partial charge on any atom is 0.211 e. The number of nitrogens with zero attached hydrogens (tertiary/aromatic N) is 5. The van der Waals surface area contributed by atoms with E-state index in [0.717, 1.165) is 42.8 Å². The summed E-state index contributed by atoms with van der Waals surface area (Å²) in [5, 5.41) is 11.8. The normalized spacial score (nSPS) is 25.3. The second-order valence-corrected chi connectivity index (χ2v) is 9.58. The molecule has 2 aliphatic rings. The molecule has 2 fully saturated rings. The highest BCUT2D eigenvalue weighted by Crippen LogP contribution is 2.26. The number of benzene rings is 1. The minimum atomic E-state index is -3.24. The lowest BCUT2D eigenvalue weighted by atomic mass is 10.0. The zero-order chi connectivity index (χ0) is 19.1. The molecule has 2 saturated heterocycles. The van der Waals surface area contributed by atoms with Crippen molar-refractivity contribution in [3.8, 4) is 0 Å². The van der Waals surface area contributed by atoms with E-state index in [0.29, 0.717) is 19.5 Å². The van der Waals surface area contributed by atoms with Gasteiger partial charge in [0, 0.05) is 63.1 Å². The molecule has 4 rings (SSSR count). The predicted molar refractivity (Wildman–Crippen MR) is 104 cm³/mol. The second kappa shape index (κ2) is 6.97. The molecule has 0 saturated carbocycles. The molecule has 1 atom stereocenters. The van der Waals surface area contributed by atoms with Crippen molar-refractivity contribution in [1.29, 1.82) is 0 Å². The number of rotatable bonds is 4. The predicted octanol–water partition coefficient (Wildman–Crippen LogP) is 0.148. The number of aliphatic hydroxyl groups is 1. The summed E-state index contributed by atoms with van der Waals surface area (Å²) in [6.07, 6.45) is 5.07. The largest absolute Gasteiger partial charge is 0.387 e. The van der Waals surface area contributed by atoms with E-state index in [2.05, 4.69) is 31.9 Å². The highest BCUT2D eigenvalue weighted by Gasteiger charge is 2.41. The molecule has 8 nitrogen and oxygen atoms in total. The van der Waals surface area contributed by atoms with Gasteiger partial charge in [0.2, 0.25) is 10.0 Å². The molecule has 1 aromatic heterocycles. The Bertz CT molecular complexity index is 929. The second-order valence-electron chi connectivity index (χ2n) is 7.60. The average molecular weight is 391 g/mol. The zero-order valence-corrected chi connectivity index (χ0v) is 16.3. The lowest BCUT2D eigenvalue weighted by Gasteiger charge is -2.39. The van der Waals surface area contributed by atoms with Gasteiger partial charge in [-0.25, -0.2) is 18.4 Å².